The maximum atomic E-state index is 14.2. The van der Waals surface area contributed by atoms with Crippen molar-refractivity contribution < 1.29 is 37.1 Å². The lowest BCUT2D eigenvalue weighted by atomic mass is 10.0. The number of carbonyl (C=O) groups excluding carboxylic acids is 5. The summed E-state index contributed by atoms with van der Waals surface area (Å²) < 4.78 is 33.3. The molecule has 1 aromatic carbocycles. The minimum absolute atomic E-state index is 0.0619. The van der Waals surface area contributed by atoms with E-state index in [0.29, 0.717) is 45.3 Å². The highest BCUT2D eigenvalue weighted by molar-refractivity contribution is 7.91. The smallest absolute Gasteiger partial charge is 0.410 e. The molecule has 0 radical (unpaired) electrons. The standard InChI is InChI=1S/C35H46N6O8S/c1-5-24-17-35(24,32(44)38-50(47,48)26-13-14-26)37-30(42)28-16-25-19-41(28)31(43)29(21(2)3)36-33(45)39(4)15-8-6-7-10-22-11-9-12-23-18-40(20-27(22)23)34(46)49-25/h5,7,9-12,21,24-26,28-29H,1,6,8,13-20H2,2-4H3,(H,36,45)(H,37,42)(H,38,44)/b10-7+/t24-,25-,28+,29+,35-/m1/s1. The van der Waals surface area contributed by atoms with Gasteiger partial charge in [-0.3, -0.25) is 24.0 Å². The molecule has 0 unspecified atom stereocenters. The van der Waals surface area contributed by atoms with Gasteiger partial charge in [0.1, 0.15) is 23.7 Å². The Morgan fingerprint density at radius 1 is 1.16 bits per heavy atom. The van der Waals surface area contributed by atoms with Gasteiger partial charge in [0.2, 0.25) is 21.8 Å². The summed E-state index contributed by atoms with van der Waals surface area (Å²) in [7, 11) is -2.24. The van der Waals surface area contributed by atoms with Gasteiger partial charge < -0.3 is 25.2 Å². The lowest BCUT2D eigenvalue weighted by molar-refractivity contribution is -0.141. The van der Waals surface area contributed by atoms with Gasteiger partial charge in [-0.25, -0.2) is 18.0 Å². The first-order valence-electron chi connectivity index (χ1n) is 17.3. The normalized spacial score (nSPS) is 29.4. The van der Waals surface area contributed by atoms with Crippen LogP contribution in [0.25, 0.3) is 6.08 Å². The van der Waals surface area contributed by atoms with E-state index in [4.69, 9.17) is 4.74 Å². The Bertz CT molecular complexity index is 1720. The van der Waals surface area contributed by atoms with Crippen LogP contribution in [0.4, 0.5) is 9.59 Å². The van der Waals surface area contributed by atoms with Crippen LogP contribution >= 0.6 is 0 Å². The van der Waals surface area contributed by atoms with Crippen molar-refractivity contribution in [3.05, 3.63) is 53.6 Å². The maximum Gasteiger partial charge on any atom is 0.410 e. The summed E-state index contributed by atoms with van der Waals surface area (Å²) in [6, 6.07) is 3.28. The maximum absolute atomic E-state index is 14.2. The van der Waals surface area contributed by atoms with E-state index in [1.807, 2.05) is 30.4 Å². The topological polar surface area (TPSA) is 175 Å². The molecular weight excluding hydrogens is 664 g/mol. The van der Waals surface area contributed by atoms with E-state index in [1.54, 1.807) is 25.8 Å². The van der Waals surface area contributed by atoms with E-state index in [2.05, 4.69) is 21.9 Å². The summed E-state index contributed by atoms with van der Waals surface area (Å²) in [6.45, 7) is 8.33. The molecule has 3 N–H and O–H groups in total. The molecule has 2 saturated carbocycles. The molecule has 6 amide bonds. The van der Waals surface area contributed by atoms with Gasteiger partial charge in [0, 0.05) is 32.5 Å². The molecule has 3 heterocycles. The van der Waals surface area contributed by atoms with Crippen LogP contribution < -0.4 is 15.4 Å². The second kappa shape index (κ2) is 13.7. The summed E-state index contributed by atoms with van der Waals surface area (Å²) in [5.41, 5.74) is 1.46. The minimum Gasteiger partial charge on any atom is -0.444 e. The second-order valence-corrected chi connectivity index (χ2v) is 16.4. The molecule has 270 valence electrons. The van der Waals surface area contributed by atoms with E-state index >= 15 is 0 Å². The number of urea groups is 1. The van der Waals surface area contributed by atoms with Crippen molar-refractivity contribution >= 4 is 45.9 Å². The third-order valence-electron chi connectivity index (χ3n) is 10.4. The van der Waals surface area contributed by atoms with Crippen LogP contribution in [0.5, 0.6) is 0 Å². The van der Waals surface area contributed by atoms with Crippen molar-refractivity contribution in [2.45, 2.75) is 94.4 Å². The third kappa shape index (κ3) is 7.10. The van der Waals surface area contributed by atoms with Crippen LogP contribution in [0.3, 0.4) is 0 Å². The van der Waals surface area contributed by atoms with E-state index in [1.165, 1.54) is 15.9 Å². The van der Waals surface area contributed by atoms with Crippen molar-refractivity contribution in [2.75, 3.05) is 20.1 Å². The van der Waals surface area contributed by atoms with E-state index in [0.717, 1.165) is 16.7 Å². The fraction of sp³-hybridized carbons (Fsp3) is 0.571. The first kappa shape index (κ1) is 35.4. The van der Waals surface area contributed by atoms with Crippen molar-refractivity contribution in [3.63, 3.8) is 0 Å². The number of rotatable bonds is 7. The van der Waals surface area contributed by atoms with Gasteiger partial charge in [0.05, 0.1) is 18.3 Å². The molecule has 50 heavy (non-hydrogen) atoms. The lowest BCUT2D eigenvalue weighted by Crippen LogP contribution is -2.59. The number of hydrogen-bond acceptors (Lipinski definition) is 8. The zero-order valence-electron chi connectivity index (χ0n) is 28.7. The van der Waals surface area contributed by atoms with Gasteiger partial charge in [-0.05, 0) is 54.7 Å². The average molecular weight is 711 g/mol. The number of hydrogen-bond donors (Lipinski definition) is 3. The number of fused-ring (bicyclic) bond motifs is 3. The molecule has 3 aliphatic heterocycles. The Morgan fingerprint density at radius 3 is 2.60 bits per heavy atom. The Hall–Kier alpha value is -4.40. The quantitative estimate of drug-likeness (QED) is 0.362. The molecular formula is C35H46N6O8S. The van der Waals surface area contributed by atoms with Gasteiger partial charge in [0.15, 0.2) is 0 Å². The Labute approximate surface area is 292 Å². The highest BCUT2D eigenvalue weighted by atomic mass is 32.2. The fourth-order valence-corrected chi connectivity index (χ4v) is 8.40. The zero-order chi connectivity index (χ0) is 36.0. The van der Waals surface area contributed by atoms with Crippen molar-refractivity contribution in [1.82, 2.24) is 30.1 Å². The number of carbonyl (C=O) groups is 5. The fourth-order valence-electron chi connectivity index (χ4n) is 7.04. The molecule has 1 saturated heterocycles. The highest BCUT2D eigenvalue weighted by Gasteiger charge is 2.62. The average Bonchev–Trinajstić information content (AvgIpc) is 3.96. The number of nitrogens with one attached hydrogen (secondary N) is 3. The Morgan fingerprint density at radius 2 is 1.92 bits per heavy atom. The zero-order valence-corrected chi connectivity index (χ0v) is 29.5. The molecule has 5 aliphatic rings. The van der Waals surface area contributed by atoms with Crippen molar-refractivity contribution in [1.29, 1.82) is 0 Å². The van der Waals surface area contributed by atoms with Crippen LogP contribution in [0.1, 0.15) is 69.1 Å². The number of nitrogens with zero attached hydrogens (tertiary/aromatic N) is 3. The Kier molecular flexibility index (Phi) is 9.72. The first-order valence-corrected chi connectivity index (χ1v) is 18.8. The van der Waals surface area contributed by atoms with Crippen LogP contribution in [0.2, 0.25) is 0 Å². The van der Waals surface area contributed by atoms with Crippen LogP contribution in [0.15, 0.2) is 36.9 Å². The van der Waals surface area contributed by atoms with Crippen LogP contribution in [0, 0.1) is 11.8 Å². The molecule has 2 aliphatic carbocycles. The number of allylic oxidation sites excluding steroid dienone is 1. The number of amides is 6. The summed E-state index contributed by atoms with van der Waals surface area (Å²) in [6.07, 6.45) is 6.49. The molecule has 5 atom stereocenters. The number of benzene rings is 1. The monoisotopic (exact) mass is 710 g/mol. The first-order chi connectivity index (χ1) is 23.7. The molecule has 4 bridgehead atoms. The van der Waals surface area contributed by atoms with Crippen LogP contribution in [-0.4, -0.2) is 102 Å². The van der Waals surface area contributed by atoms with Gasteiger partial charge in [-0.1, -0.05) is 50.3 Å². The molecule has 6 rings (SSSR count). The van der Waals surface area contributed by atoms with Crippen LogP contribution in [-0.2, 0) is 42.2 Å². The van der Waals surface area contributed by atoms with Gasteiger partial charge in [-0.15, -0.1) is 6.58 Å². The summed E-state index contributed by atoms with van der Waals surface area (Å²) in [5, 5.41) is 4.94. The summed E-state index contributed by atoms with van der Waals surface area (Å²) >= 11 is 0. The van der Waals surface area contributed by atoms with Crippen molar-refractivity contribution in [3.8, 4) is 0 Å². The van der Waals surface area contributed by atoms with Crippen molar-refractivity contribution in [2.24, 2.45) is 11.8 Å². The molecule has 0 aromatic heterocycles. The molecule has 14 nitrogen and oxygen atoms in total. The predicted molar refractivity (Wildman–Crippen MR) is 183 cm³/mol. The van der Waals surface area contributed by atoms with Gasteiger partial charge in [0.25, 0.3) is 5.91 Å². The van der Waals surface area contributed by atoms with Gasteiger partial charge >= 0.3 is 12.1 Å². The molecule has 0 spiro atoms. The van der Waals surface area contributed by atoms with Gasteiger partial charge in [-0.2, -0.15) is 0 Å². The largest absolute Gasteiger partial charge is 0.444 e. The highest BCUT2D eigenvalue weighted by Crippen LogP contribution is 2.45. The summed E-state index contributed by atoms with van der Waals surface area (Å²) in [5.74, 6) is -2.98. The number of ether oxygens (including phenoxy) is 1. The predicted octanol–water partition coefficient (Wildman–Crippen LogP) is 2.25. The number of sulfonamides is 1. The third-order valence-corrected chi connectivity index (χ3v) is 12.2. The van der Waals surface area contributed by atoms with E-state index < -0.39 is 74.8 Å². The van der Waals surface area contributed by atoms with E-state index in [-0.39, 0.29) is 25.3 Å². The SMILES string of the molecule is C=C[C@@H]1C[C@]1(NC(=O)[C@@H]1C[C@@H]2CN1C(=O)[C@H](C(C)C)NC(=O)N(C)CCC/C=C/c1cccc3c1CN(C3)C(=O)O2)C(=O)NS(=O)(=O)C1CC1. The Balaban J connectivity index is 1.27. The van der Waals surface area contributed by atoms with E-state index in [9.17, 15) is 32.4 Å². The minimum atomic E-state index is -3.89. The second-order valence-electron chi connectivity index (χ2n) is 14.4. The molecule has 1 aromatic rings. The molecule has 3 fully saturated rings. The lowest BCUT2D eigenvalue weighted by Gasteiger charge is -2.32. The summed E-state index contributed by atoms with van der Waals surface area (Å²) in [4.78, 5) is 72.9. The molecule has 15 heteroatoms.